The highest BCUT2D eigenvalue weighted by atomic mass is 16.3. The SMILES string of the molecule is Cc1oc2c(C=O)c(O)ccc2c(=O)c1CCC(=O)NCCN(C)C. The van der Waals surface area contributed by atoms with Crippen molar-refractivity contribution in [3.05, 3.63) is 39.2 Å². The van der Waals surface area contributed by atoms with Gasteiger partial charge in [0, 0.05) is 25.1 Å². The summed E-state index contributed by atoms with van der Waals surface area (Å²) in [6, 6.07) is 2.71. The molecule has 0 spiro atoms. The molecular formula is C18H22N2O5. The van der Waals surface area contributed by atoms with Crippen molar-refractivity contribution in [2.75, 3.05) is 27.2 Å². The largest absolute Gasteiger partial charge is 0.507 e. The molecule has 0 bridgehead atoms. The molecule has 1 aromatic carbocycles. The van der Waals surface area contributed by atoms with Crippen molar-refractivity contribution in [1.82, 2.24) is 10.2 Å². The Morgan fingerprint density at radius 1 is 1.36 bits per heavy atom. The summed E-state index contributed by atoms with van der Waals surface area (Å²) in [7, 11) is 3.84. The van der Waals surface area contributed by atoms with Gasteiger partial charge in [0.1, 0.15) is 11.5 Å². The topological polar surface area (TPSA) is 99.8 Å². The summed E-state index contributed by atoms with van der Waals surface area (Å²) < 4.78 is 5.59. The van der Waals surface area contributed by atoms with Gasteiger partial charge >= 0.3 is 0 Å². The first-order valence-electron chi connectivity index (χ1n) is 8.00. The third kappa shape index (κ3) is 4.24. The van der Waals surface area contributed by atoms with Crippen molar-refractivity contribution in [3.63, 3.8) is 0 Å². The van der Waals surface area contributed by atoms with Gasteiger partial charge in [0.15, 0.2) is 17.3 Å². The summed E-state index contributed by atoms with van der Waals surface area (Å²) >= 11 is 0. The Labute approximate surface area is 145 Å². The van der Waals surface area contributed by atoms with Crippen molar-refractivity contribution >= 4 is 23.2 Å². The zero-order valence-corrected chi connectivity index (χ0v) is 14.6. The number of carbonyl (C=O) groups excluding carboxylic acids is 2. The number of phenolic OH excluding ortho intramolecular Hbond substituents is 1. The molecule has 1 amide bonds. The van der Waals surface area contributed by atoms with Gasteiger partial charge in [0.05, 0.1) is 10.9 Å². The number of carbonyl (C=O) groups is 2. The number of fused-ring (bicyclic) bond motifs is 1. The van der Waals surface area contributed by atoms with Gasteiger partial charge in [-0.2, -0.15) is 0 Å². The summed E-state index contributed by atoms with van der Waals surface area (Å²) in [5, 5.41) is 12.7. The second-order valence-corrected chi connectivity index (χ2v) is 6.11. The average molecular weight is 346 g/mol. The Kier molecular flexibility index (Phi) is 5.93. The predicted octanol–water partition coefficient (Wildman–Crippen LogP) is 1.23. The van der Waals surface area contributed by atoms with Crippen LogP contribution in [-0.4, -0.2) is 49.4 Å². The summed E-state index contributed by atoms with van der Waals surface area (Å²) in [5.74, 6) is -0.0367. The molecule has 2 aromatic rings. The highest BCUT2D eigenvalue weighted by molar-refractivity contribution is 5.97. The maximum absolute atomic E-state index is 12.6. The van der Waals surface area contributed by atoms with Gasteiger partial charge in [-0.25, -0.2) is 0 Å². The number of hydrogen-bond acceptors (Lipinski definition) is 6. The number of nitrogens with zero attached hydrogens (tertiary/aromatic N) is 1. The fourth-order valence-electron chi connectivity index (χ4n) is 2.56. The van der Waals surface area contributed by atoms with Crippen LogP contribution in [0.5, 0.6) is 5.75 Å². The molecule has 25 heavy (non-hydrogen) atoms. The van der Waals surface area contributed by atoms with E-state index in [1.165, 1.54) is 12.1 Å². The van der Waals surface area contributed by atoms with Crippen LogP contribution in [0.4, 0.5) is 0 Å². The van der Waals surface area contributed by atoms with Crippen LogP contribution in [0.15, 0.2) is 21.3 Å². The van der Waals surface area contributed by atoms with E-state index in [1.807, 2.05) is 19.0 Å². The van der Waals surface area contributed by atoms with Crippen LogP contribution in [0.1, 0.15) is 28.1 Å². The quantitative estimate of drug-likeness (QED) is 0.732. The van der Waals surface area contributed by atoms with Gasteiger partial charge in [0.2, 0.25) is 5.91 Å². The van der Waals surface area contributed by atoms with Gasteiger partial charge in [-0.15, -0.1) is 0 Å². The number of aldehydes is 1. The summed E-state index contributed by atoms with van der Waals surface area (Å²) in [5.41, 5.74) is 0.128. The van der Waals surface area contributed by atoms with Crippen LogP contribution in [0.2, 0.25) is 0 Å². The van der Waals surface area contributed by atoms with Gasteiger partial charge < -0.3 is 19.7 Å². The van der Waals surface area contributed by atoms with E-state index >= 15 is 0 Å². The third-order valence-electron chi connectivity index (χ3n) is 3.97. The lowest BCUT2D eigenvalue weighted by Gasteiger charge is -2.11. The molecule has 0 saturated heterocycles. The molecule has 1 heterocycles. The fourth-order valence-corrected chi connectivity index (χ4v) is 2.56. The van der Waals surface area contributed by atoms with Crippen LogP contribution >= 0.6 is 0 Å². The number of nitrogens with one attached hydrogen (secondary N) is 1. The smallest absolute Gasteiger partial charge is 0.220 e. The van der Waals surface area contributed by atoms with Crippen LogP contribution < -0.4 is 10.7 Å². The molecule has 7 nitrogen and oxygen atoms in total. The van der Waals surface area contributed by atoms with E-state index in [-0.39, 0.29) is 46.5 Å². The van der Waals surface area contributed by atoms with Crippen molar-refractivity contribution in [2.24, 2.45) is 0 Å². The predicted molar refractivity (Wildman–Crippen MR) is 94.2 cm³/mol. The maximum atomic E-state index is 12.6. The second kappa shape index (κ2) is 7.94. The third-order valence-corrected chi connectivity index (χ3v) is 3.97. The Hall–Kier alpha value is -2.67. The number of hydrogen-bond donors (Lipinski definition) is 2. The minimum Gasteiger partial charge on any atom is -0.507 e. The van der Waals surface area contributed by atoms with Gasteiger partial charge in [-0.1, -0.05) is 0 Å². The van der Waals surface area contributed by atoms with E-state index < -0.39 is 0 Å². The van der Waals surface area contributed by atoms with Crippen molar-refractivity contribution in [1.29, 1.82) is 0 Å². The number of aryl methyl sites for hydroxylation is 1. The Morgan fingerprint density at radius 3 is 2.72 bits per heavy atom. The first kappa shape index (κ1) is 18.7. The lowest BCUT2D eigenvalue weighted by Crippen LogP contribution is -2.31. The first-order valence-corrected chi connectivity index (χ1v) is 8.00. The van der Waals surface area contributed by atoms with Crippen molar-refractivity contribution < 1.29 is 19.1 Å². The lowest BCUT2D eigenvalue weighted by atomic mass is 10.0. The van der Waals surface area contributed by atoms with E-state index in [9.17, 15) is 19.5 Å². The molecule has 1 aromatic heterocycles. The number of phenols is 1. The number of aromatic hydroxyl groups is 1. The standard InChI is InChI=1S/C18H22N2O5/c1-11-12(5-7-16(23)19-8-9-20(2)3)17(24)13-4-6-15(22)14(10-21)18(13)25-11/h4,6,10,22H,5,7-9H2,1-3H3,(H,19,23). The molecule has 134 valence electrons. The summed E-state index contributed by atoms with van der Waals surface area (Å²) in [6.07, 6.45) is 0.871. The number of benzene rings is 1. The average Bonchev–Trinajstić information content (AvgIpc) is 2.54. The molecule has 0 aliphatic rings. The molecule has 0 aliphatic carbocycles. The van der Waals surface area contributed by atoms with E-state index in [1.54, 1.807) is 6.92 Å². The summed E-state index contributed by atoms with van der Waals surface area (Å²) in [6.45, 7) is 2.89. The van der Waals surface area contributed by atoms with Crippen LogP contribution in [0.3, 0.4) is 0 Å². The second-order valence-electron chi connectivity index (χ2n) is 6.11. The Bertz CT molecular complexity index is 855. The molecule has 0 atom stereocenters. The molecule has 0 aliphatic heterocycles. The molecule has 0 radical (unpaired) electrons. The van der Waals surface area contributed by atoms with Gasteiger partial charge in [-0.3, -0.25) is 14.4 Å². The van der Waals surface area contributed by atoms with E-state index in [4.69, 9.17) is 4.42 Å². The molecule has 7 heteroatoms. The van der Waals surface area contributed by atoms with Crippen LogP contribution in [0, 0.1) is 6.92 Å². The zero-order chi connectivity index (χ0) is 18.6. The number of rotatable bonds is 7. The molecule has 0 fully saturated rings. The highest BCUT2D eigenvalue weighted by Crippen LogP contribution is 2.25. The normalized spacial score (nSPS) is 11.0. The maximum Gasteiger partial charge on any atom is 0.220 e. The molecule has 0 unspecified atom stereocenters. The molecule has 2 N–H and O–H groups in total. The van der Waals surface area contributed by atoms with E-state index in [2.05, 4.69) is 5.32 Å². The van der Waals surface area contributed by atoms with Crippen molar-refractivity contribution in [3.8, 4) is 5.75 Å². The minimum atomic E-state index is -0.289. The molecular weight excluding hydrogens is 324 g/mol. The Morgan fingerprint density at radius 2 is 2.08 bits per heavy atom. The monoisotopic (exact) mass is 346 g/mol. The molecule has 2 rings (SSSR count). The van der Waals surface area contributed by atoms with Gasteiger partial charge in [0.25, 0.3) is 0 Å². The lowest BCUT2D eigenvalue weighted by molar-refractivity contribution is -0.121. The summed E-state index contributed by atoms with van der Waals surface area (Å²) in [4.78, 5) is 37.6. The minimum absolute atomic E-state index is 0.0503. The first-order chi connectivity index (χ1) is 11.8. The molecule has 0 saturated carbocycles. The number of amides is 1. The van der Waals surface area contributed by atoms with Crippen molar-refractivity contribution in [2.45, 2.75) is 19.8 Å². The Balaban J connectivity index is 2.22. The fraction of sp³-hybridized carbons (Fsp3) is 0.389. The van der Waals surface area contributed by atoms with E-state index in [0.29, 0.717) is 24.2 Å². The van der Waals surface area contributed by atoms with Gasteiger partial charge in [-0.05, 0) is 39.6 Å². The van der Waals surface area contributed by atoms with Crippen LogP contribution in [0.25, 0.3) is 11.0 Å². The van der Waals surface area contributed by atoms with E-state index in [0.717, 1.165) is 6.54 Å². The van der Waals surface area contributed by atoms with Crippen LogP contribution in [-0.2, 0) is 11.2 Å². The highest BCUT2D eigenvalue weighted by Gasteiger charge is 2.17. The zero-order valence-electron chi connectivity index (χ0n) is 14.6. The number of likely N-dealkylation sites (N-methyl/N-ethyl adjacent to an activating group) is 1.